The van der Waals surface area contributed by atoms with E-state index in [9.17, 15) is 8.78 Å². The zero-order valence-electron chi connectivity index (χ0n) is 17.3. The molecule has 0 bridgehead atoms. The Hall–Kier alpha value is -3.30. The molecular formula is C22H20ClF2N7. The number of piperazine rings is 1. The number of para-hydroxylation sites is 1. The summed E-state index contributed by atoms with van der Waals surface area (Å²) in [6.07, 6.45) is 0. The molecule has 164 valence electrons. The maximum Gasteiger partial charge on any atom is 0.228 e. The Morgan fingerprint density at radius 2 is 1.72 bits per heavy atom. The van der Waals surface area contributed by atoms with Crippen molar-refractivity contribution in [2.75, 3.05) is 43.9 Å². The van der Waals surface area contributed by atoms with Gasteiger partial charge in [-0.25, -0.2) is 18.4 Å². The number of fused-ring (bicyclic) bond motifs is 1. The molecule has 1 aliphatic rings. The molecule has 32 heavy (non-hydrogen) atoms. The molecule has 3 heterocycles. The quantitative estimate of drug-likeness (QED) is 0.507. The van der Waals surface area contributed by atoms with E-state index in [-0.39, 0.29) is 22.7 Å². The van der Waals surface area contributed by atoms with Crippen LogP contribution in [0.3, 0.4) is 0 Å². The van der Waals surface area contributed by atoms with E-state index in [4.69, 9.17) is 17.3 Å². The van der Waals surface area contributed by atoms with Gasteiger partial charge in [-0.3, -0.25) is 0 Å². The highest BCUT2D eigenvalue weighted by Gasteiger charge is 2.25. The second kappa shape index (κ2) is 7.99. The summed E-state index contributed by atoms with van der Waals surface area (Å²) < 4.78 is 30.4. The second-order valence-corrected chi connectivity index (χ2v) is 8.12. The molecule has 0 spiro atoms. The van der Waals surface area contributed by atoms with E-state index >= 15 is 0 Å². The van der Waals surface area contributed by atoms with Gasteiger partial charge < -0.3 is 15.5 Å². The second-order valence-electron chi connectivity index (χ2n) is 7.71. The van der Waals surface area contributed by atoms with Crippen LogP contribution in [-0.2, 0) is 0 Å². The monoisotopic (exact) mass is 455 g/mol. The number of hydrogen-bond acceptors (Lipinski definition) is 6. The number of benzene rings is 2. The van der Waals surface area contributed by atoms with Gasteiger partial charge in [0.1, 0.15) is 5.82 Å². The van der Waals surface area contributed by atoms with Crippen LogP contribution in [0.25, 0.3) is 28.0 Å². The first kappa shape index (κ1) is 20.6. The Bertz CT molecular complexity index is 1320. The van der Waals surface area contributed by atoms with Crippen molar-refractivity contribution >= 4 is 34.4 Å². The van der Waals surface area contributed by atoms with E-state index in [2.05, 4.69) is 20.0 Å². The number of aromatic nitrogens is 4. The molecule has 0 amide bonds. The van der Waals surface area contributed by atoms with Gasteiger partial charge in [-0.1, -0.05) is 29.8 Å². The predicted octanol–water partition coefficient (Wildman–Crippen LogP) is 3.75. The van der Waals surface area contributed by atoms with Gasteiger partial charge in [-0.05, 0) is 31.3 Å². The van der Waals surface area contributed by atoms with E-state index in [0.29, 0.717) is 35.1 Å². The molecule has 0 aliphatic carbocycles. The number of nitrogens with zero attached hydrogens (tertiary/aromatic N) is 6. The standard InChI is InChI=1S/C22H20ClF2N7/c1-30-9-11-31(12-10-30)22-27-19(13-5-4-7-15(24)18(13)25)17-20(26)32(29-21(17)28-22)16-8-3-2-6-14(16)23/h2-8H,9-12,26H2,1H3. The zero-order valence-corrected chi connectivity index (χ0v) is 18.0. The molecule has 0 unspecified atom stereocenters. The number of anilines is 2. The van der Waals surface area contributed by atoms with Gasteiger partial charge in [-0.15, -0.1) is 5.10 Å². The lowest BCUT2D eigenvalue weighted by atomic mass is 10.1. The van der Waals surface area contributed by atoms with Gasteiger partial charge in [-0.2, -0.15) is 4.98 Å². The normalized spacial score (nSPS) is 14.9. The third kappa shape index (κ3) is 3.43. The van der Waals surface area contributed by atoms with Gasteiger partial charge in [0.25, 0.3) is 0 Å². The van der Waals surface area contributed by atoms with Crippen molar-refractivity contribution in [1.82, 2.24) is 24.6 Å². The summed E-state index contributed by atoms with van der Waals surface area (Å²) in [6.45, 7) is 3.07. The van der Waals surface area contributed by atoms with Crippen LogP contribution in [0.2, 0.25) is 5.02 Å². The first-order valence-corrected chi connectivity index (χ1v) is 10.5. The van der Waals surface area contributed by atoms with Gasteiger partial charge in [0.2, 0.25) is 5.95 Å². The van der Waals surface area contributed by atoms with E-state index in [1.54, 1.807) is 18.2 Å². The third-order valence-electron chi connectivity index (χ3n) is 5.63. The lowest BCUT2D eigenvalue weighted by Gasteiger charge is -2.32. The van der Waals surface area contributed by atoms with Crippen molar-refractivity contribution in [3.05, 3.63) is 59.1 Å². The SMILES string of the molecule is CN1CCN(c2nc(-c3cccc(F)c3F)c3c(N)n(-c4ccccc4Cl)nc3n2)CC1. The summed E-state index contributed by atoms with van der Waals surface area (Å²) in [5, 5.41) is 5.34. The van der Waals surface area contributed by atoms with Crippen LogP contribution in [0.1, 0.15) is 0 Å². The molecule has 5 rings (SSSR count). The van der Waals surface area contributed by atoms with Crippen LogP contribution in [-0.4, -0.2) is 57.9 Å². The van der Waals surface area contributed by atoms with Gasteiger partial charge in [0, 0.05) is 31.7 Å². The third-order valence-corrected chi connectivity index (χ3v) is 5.95. The average molecular weight is 456 g/mol. The van der Waals surface area contributed by atoms with Gasteiger partial charge >= 0.3 is 0 Å². The van der Waals surface area contributed by atoms with Crippen molar-refractivity contribution < 1.29 is 8.78 Å². The number of rotatable bonds is 3. The first-order chi connectivity index (χ1) is 15.4. The smallest absolute Gasteiger partial charge is 0.228 e. The minimum absolute atomic E-state index is 0.00168. The van der Waals surface area contributed by atoms with Crippen LogP contribution in [0.15, 0.2) is 42.5 Å². The van der Waals surface area contributed by atoms with E-state index in [1.807, 2.05) is 18.0 Å². The van der Waals surface area contributed by atoms with Crippen molar-refractivity contribution in [3.63, 3.8) is 0 Å². The Morgan fingerprint density at radius 1 is 0.969 bits per heavy atom. The minimum Gasteiger partial charge on any atom is -0.383 e. The van der Waals surface area contributed by atoms with Crippen LogP contribution < -0.4 is 10.6 Å². The summed E-state index contributed by atoms with van der Waals surface area (Å²) in [7, 11) is 2.04. The molecule has 0 radical (unpaired) electrons. The molecular weight excluding hydrogens is 436 g/mol. The number of hydrogen-bond donors (Lipinski definition) is 1. The summed E-state index contributed by atoms with van der Waals surface area (Å²) in [6, 6.07) is 11.1. The number of nitrogen functional groups attached to an aromatic ring is 1. The lowest BCUT2D eigenvalue weighted by molar-refractivity contribution is 0.311. The van der Waals surface area contributed by atoms with Crippen molar-refractivity contribution in [1.29, 1.82) is 0 Å². The Balaban J connectivity index is 1.77. The molecule has 1 aliphatic heterocycles. The fourth-order valence-electron chi connectivity index (χ4n) is 3.84. The summed E-state index contributed by atoms with van der Waals surface area (Å²) >= 11 is 6.35. The maximum absolute atomic E-state index is 14.8. The molecule has 0 saturated carbocycles. The highest BCUT2D eigenvalue weighted by molar-refractivity contribution is 6.32. The highest BCUT2D eigenvalue weighted by Crippen LogP contribution is 2.36. The number of halogens is 3. The van der Waals surface area contributed by atoms with Gasteiger partial charge in [0.15, 0.2) is 17.3 Å². The summed E-state index contributed by atoms with van der Waals surface area (Å²) in [4.78, 5) is 13.5. The molecule has 2 aromatic carbocycles. The fraction of sp³-hybridized carbons (Fsp3) is 0.227. The molecule has 1 fully saturated rings. The first-order valence-electron chi connectivity index (χ1n) is 10.1. The molecule has 7 nitrogen and oxygen atoms in total. The largest absolute Gasteiger partial charge is 0.383 e. The minimum atomic E-state index is -0.998. The molecule has 2 aromatic heterocycles. The van der Waals surface area contributed by atoms with E-state index in [0.717, 1.165) is 19.2 Å². The Kier molecular flexibility index (Phi) is 5.15. The molecule has 10 heteroatoms. The lowest BCUT2D eigenvalue weighted by Crippen LogP contribution is -2.45. The van der Waals surface area contributed by atoms with Crippen LogP contribution in [0.5, 0.6) is 0 Å². The molecule has 1 saturated heterocycles. The van der Waals surface area contributed by atoms with Crippen molar-refractivity contribution in [2.45, 2.75) is 0 Å². The topological polar surface area (TPSA) is 76.1 Å². The zero-order chi connectivity index (χ0) is 22.4. The van der Waals surface area contributed by atoms with Crippen LogP contribution in [0, 0.1) is 11.6 Å². The van der Waals surface area contributed by atoms with Crippen molar-refractivity contribution in [2.24, 2.45) is 0 Å². The molecule has 2 N–H and O–H groups in total. The van der Waals surface area contributed by atoms with Crippen LogP contribution in [0.4, 0.5) is 20.5 Å². The highest BCUT2D eigenvalue weighted by atomic mass is 35.5. The molecule has 4 aromatic rings. The maximum atomic E-state index is 14.8. The Morgan fingerprint density at radius 3 is 2.47 bits per heavy atom. The fourth-order valence-corrected chi connectivity index (χ4v) is 4.05. The number of nitrogens with two attached hydrogens (primary N) is 1. The number of likely N-dealkylation sites (N-methyl/N-ethyl adjacent to an activating group) is 1. The summed E-state index contributed by atoms with van der Waals surface area (Å²) in [5.74, 6) is -1.38. The molecule has 0 atom stereocenters. The van der Waals surface area contributed by atoms with E-state index < -0.39 is 11.6 Å². The van der Waals surface area contributed by atoms with E-state index in [1.165, 1.54) is 16.8 Å². The Labute approximate surface area is 188 Å². The van der Waals surface area contributed by atoms with Crippen LogP contribution >= 0.6 is 11.6 Å². The van der Waals surface area contributed by atoms with Gasteiger partial charge in [0.05, 0.1) is 21.8 Å². The van der Waals surface area contributed by atoms with Crippen molar-refractivity contribution in [3.8, 4) is 16.9 Å². The summed E-state index contributed by atoms with van der Waals surface area (Å²) in [5.41, 5.74) is 7.46. The predicted molar refractivity (Wildman–Crippen MR) is 121 cm³/mol. The average Bonchev–Trinajstić information content (AvgIpc) is 3.12.